The van der Waals surface area contributed by atoms with Crippen LogP contribution < -0.4 is 0 Å². The van der Waals surface area contributed by atoms with E-state index in [0.717, 1.165) is 24.4 Å². The molecule has 0 saturated carbocycles. The van der Waals surface area contributed by atoms with Crippen LogP contribution in [0, 0.1) is 0 Å². The lowest BCUT2D eigenvalue weighted by Crippen LogP contribution is -2.10. The van der Waals surface area contributed by atoms with Crippen LogP contribution in [0.1, 0.15) is 18.5 Å². The van der Waals surface area contributed by atoms with Crippen molar-refractivity contribution in [2.75, 3.05) is 0 Å². The van der Waals surface area contributed by atoms with Gasteiger partial charge in [0.05, 0.1) is 10.7 Å². The Kier molecular flexibility index (Phi) is 2.40. The SMILES string of the molecule is Clc1ccc(-c2cc3n(n2)CCCC3)nc1. The molecule has 0 bridgehead atoms. The zero-order chi connectivity index (χ0) is 11.0. The first kappa shape index (κ1) is 9.85. The third-order valence-electron chi connectivity index (χ3n) is 2.91. The summed E-state index contributed by atoms with van der Waals surface area (Å²) in [6.07, 6.45) is 5.27. The van der Waals surface area contributed by atoms with E-state index in [1.807, 2.05) is 12.1 Å². The van der Waals surface area contributed by atoms with E-state index in [4.69, 9.17) is 11.6 Å². The molecule has 2 aromatic rings. The summed E-state index contributed by atoms with van der Waals surface area (Å²) < 4.78 is 2.09. The molecule has 0 fully saturated rings. The van der Waals surface area contributed by atoms with Crippen molar-refractivity contribution in [1.29, 1.82) is 0 Å². The van der Waals surface area contributed by atoms with Crippen LogP contribution in [0.25, 0.3) is 11.4 Å². The summed E-state index contributed by atoms with van der Waals surface area (Å²) in [6.45, 7) is 1.03. The molecule has 0 aliphatic carbocycles. The maximum atomic E-state index is 5.81. The quantitative estimate of drug-likeness (QED) is 0.758. The molecule has 0 aromatic carbocycles. The van der Waals surface area contributed by atoms with E-state index in [0.29, 0.717) is 5.02 Å². The number of fused-ring (bicyclic) bond motifs is 1. The second-order valence-corrected chi connectivity index (χ2v) is 4.50. The van der Waals surface area contributed by atoms with Crippen LogP contribution in [0.15, 0.2) is 24.4 Å². The van der Waals surface area contributed by atoms with Crippen molar-refractivity contribution in [1.82, 2.24) is 14.8 Å². The van der Waals surface area contributed by atoms with Gasteiger partial charge in [-0.15, -0.1) is 0 Å². The van der Waals surface area contributed by atoms with Gasteiger partial charge in [-0.25, -0.2) is 0 Å². The molecule has 0 unspecified atom stereocenters. The highest BCUT2D eigenvalue weighted by Gasteiger charge is 2.13. The molecule has 82 valence electrons. The summed E-state index contributed by atoms with van der Waals surface area (Å²) in [5.74, 6) is 0. The van der Waals surface area contributed by atoms with Crippen LogP contribution >= 0.6 is 11.6 Å². The molecule has 1 aliphatic heterocycles. The van der Waals surface area contributed by atoms with E-state index in [9.17, 15) is 0 Å². The first-order valence-corrected chi connectivity index (χ1v) is 5.89. The lowest BCUT2D eigenvalue weighted by molar-refractivity contribution is 0.487. The first-order chi connectivity index (χ1) is 7.83. The second-order valence-electron chi connectivity index (χ2n) is 4.06. The predicted octanol–water partition coefficient (Wildman–Crippen LogP) is 2.93. The molecule has 0 atom stereocenters. The number of hydrogen-bond acceptors (Lipinski definition) is 2. The van der Waals surface area contributed by atoms with Crippen LogP contribution in [0.5, 0.6) is 0 Å². The van der Waals surface area contributed by atoms with E-state index < -0.39 is 0 Å². The minimum atomic E-state index is 0.660. The molecule has 2 aromatic heterocycles. The van der Waals surface area contributed by atoms with E-state index in [-0.39, 0.29) is 0 Å². The summed E-state index contributed by atoms with van der Waals surface area (Å²) >= 11 is 5.81. The monoisotopic (exact) mass is 233 g/mol. The van der Waals surface area contributed by atoms with Crippen molar-refractivity contribution in [2.45, 2.75) is 25.8 Å². The fourth-order valence-corrected chi connectivity index (χ4v) is 2.18. The van der Waals surface area contributed by atoms with E-state index in [1.54, 1.807) is 6.20 Å². The van der Waals surface area contributed by atoms with E-state index >= 15 is 0 Å². The van der Waals surface area contributed by atoms with Gasteiger partial charge in [-0.3, -0.25) is 9.67 Å². The number of aromatic nitrogens is 3. The number of halogens is 1. The second kappa shape index (κ2) is 3.91. The van der Waals surface area contributed by atoms with Gasteiger partial charge < -0.3 is 0 Å². The molecule has 0 N–H and O–H groups in total. The summed E-state index contributed by atoms with van der Waals surface area (Å²) in [4.78, 5) is 4.28. The molecule has 3 heterocycles. The van der Waals surface area contributed by atoms with Gasteiger partial charge in [0.25, 0.3) is 0 Å². The highest BCUT2D eigenvalue weighted by molar-refractivity contribution is 6.30. The molecule has 0 saturated heterocycles. The third kappa shape index (κ3) is 1.71. The number of hydrogen-bond donors (Lipinski definition) is 0. The van der Waals surface area contributed by atoms with Crippen LogP contribution in [-0.2, 0) is 13.0 Å². The van der Waals surface area contributed by atoms with Crippen LogP contribution in [0.2, 0.25) is 5.02 Å². The van der Waals surface area contributed by atoms with Crippen molar-refractivity contribution < 1.29 is 0 Å². The maximum absolute atomic E-state index is 5.81. The summed E-state index contributed by atoms with van der Waals surface area (Å²) in [5, 5.41) is 5.22. The van der Waals surface area contributed by atoms with Crippen LogP contribution in [0.4, 0.5) is 0 Å². The van der Waals surface area contributed by atoms with Gasteiger partial charge in [0.1, 0.15) is 5.69 Å². The van der Waals surface area contributed by atoms with Crippen molar-refractivity contribution in [3.63, 3.8) is 0 Å². The Morgan fingerprint density at radius 3 is 2.88 bits per heavy atom. The Balaban J connectivity index is 2.00. The van der Waals surface area contributed by atoms with E-state index in [1.165, 1.54) is 18.5 Å². The molecular weight excluding hydrogens is 222 g/mol. The minimum Gasteiger partial charge on any atom is -0.269 e. The Morgan fingerprint density at radius 2 is 2.12 bits per heavy atom. The maximum Gasteiger partial charge on any atom is 0.111 e. The lowest BCUT2D eigenvalue weighted by Gasteiger charge is -2.11. The predicted molar refractivity (Wildman–Crippen MR) is 63.4 cm³/mol. The Hall–Kier alpha value is -1.35. The van der Waals surface area contributed by atoms with Gasteiger partial charge in [-0.2, -0.15) is 5.10 Å². The van der Waals surface area contributed by atoms with Gasteiger partial charge in [0.2, 0.25) is 0 Å². The number of pyridine rings is 1. The fourth-order valence-electron chi connectivity index (χ4n) is 2.07. The lowest BCUT2D eigenvalue weighted by atomic mass is 10.1. The minimum absolute atomic E-state index is 0.660. The number of aryl methyl sites for hydroxylation is 2. The van der Waals surface area contributed by atoms with Gasteiger partial charge in [-0.1, -0.05) is 11.6 Å². The average molecular weight is 234 g/mol. The van der Waals surface area contributed by atoms with Gasteiger partial charge >= 0.3 is 0 Å². The first-order valence-electron chi connectivity index (χ1n) is 5.51. The molecule has 0 amide bonds. The summed E-state index contributed by atoms with van der Waals surface area (Å²) in [7, 11) is 0. The van der Waals surface area contributed by atoms with Crippen molar-refractivity contribution in [2.24, 2.45) is 0 Å². The zero-order valence-corrected chi connectivity index (χ0v) is 9.61. The largest absolute Gasteiger partial charge is 0.269 e. The van der Waals surface area contributed by atoms with Gasteiger partial charge in [0.15, 0.2) is 0 Å². The third-order valence-corrected chi connectivity index (χ3v) is 3.13. The topological polar surface area (TPSA) is 30.7 Å². The van der Waals surface area contributed by atoms with Crippen LogP contribution in [-0.4, -0.2) is 14.8 Å². The number of rotatable bonds is 1. The highest BCUT2D eigenvalue weighted by atomic mass is 35.5. The van der Waals surface area contributed by atoms with Gasteiger partial charge in [0, 0.05) is 18.4 Å². The molecular formula is C12H12ClN3. The van der Waals surface area contributed by atoms with Crippen molar-refractivity contribution >= 4 is 11.6 Å². The normalized spacial score (nSPS) is 14.8. The Morgan fingerprint density at radius 1 is 1.19 bits per heavy atom. The van der Waals surface area contributed by atoms with E-state index in [2.05, 4.69) is 20.8 Å². The Labute approximate surface area is 99.1 Å². The molecule has 4 heteroatoms. The standard InChI is InChI=1S/C12H12ClN3/c13-9-4-5-11(14-8-9)12-7-10-3-1-2-6-16(10)15-12/h4-5,7-8H,1-3,6H2. The molecule has 3 nitrogen and oxygen atoms in total. The average Bonchev–Trinajstić information content (AvgIpc) is 2.73. The molecule has 16 heavy (non-hydrogen) atoms. The highest BCUT2D eigenvalue weighted by Crippen LogP contribution is 2.22. The fraction of sp³-hybridized carbons (Fsp3) is 0.333. The van der Waals surface area contributed by atoms with Crippen LogP contribution in [0.3, 0.4) is 0 Å². The zero-order valence-electron chi connectivity index (χ0n) is 8.86. The van der Waals surface area contributed by atoms with Crippen molar-refractivity contribution in [3.8, 4) is 11.4 Å². The number of nitrogens with zero attached hydrogens (tertiary/aromatic N) is 3. The molecule has 3 rings (SSSR count). The Bertz CT molecular complexity index is 478. The van der Waals surface area contributed by atoms with Crippen molar-refractivity contribution in [3.05, 3.63) is 35.1 Å². The molecule has 0 spiro atoms. The smallest absolute Gasteiger partial charge is 0.111 e. The summed E-state index contributed by atoms with van der Waals surface area (Å²) in [6, 6.07) is 5.90. The summed E-state index contributed by atoms with van der Waals surface area (Å²) in [5.41, 5.74) is 3.16. The van der Waals surface area contributed by atoms with Gasteiger partial charge in [-0.05, 0) is 37.5 Å². The molecule has 0 radical (unpaired) electrons. The molecule has 1 aliphatic rings.